The number of halogens is 1. The van der Waals surface area contributed by atoms with Gasteiger partial charge in [-0.2, -0.15) is 0 Å². The van der Waals surface area contributed by atoms with Crippen LogP contribution in [-0.4, -0.2) is 21.5 Å². The van der Waals surface area contributed by atoms with Gasteiger partial charge in [-0.05, 0) is 61.3 Å². The zero-order chi connectivity index (χ0) is 18.3. The minimum absolute atomic E-state index is 0.255. The Balaban J connectivity index is 1.65. The second-order valence-corrected chi connectivity index (χ2v) is 7.57. The van der Waals surface area contributed by atoms with Crippen molar-refractivity contribution in [1.29, 1.82) is 0 Å². The molecule has 0 saturated carbocycles. The molecule has 1 aromatic heterocycles. The molecule has 4 rings (SSSR count). The first-order valence-corrected chi connectivity index (χ1v) is 9.81. The lowest BCUT2D eigenvalue weighted by molar-refractivity contribution is 0.291. The number of hydrogen-bond donors (Lipinski definition) is 2. The van der Waals surface area contributed by atoms with Gasteiger partial charge in [-0.1, -0.05) is 42.8 Å². The minimum Gasteiger partial charge on any atom is -0.356 e. The largest absolute Gasteiger partial charge is 0.356 e. The van der Waals surface area contributed by atoms with Crippen LogP contribution < -0.4 is 5.32 Å². The topological polar surface area (TPSA) is 31.1 Å². The predicted molar refractivity (Wildman–Crippen MR) is 114 cm³/mol. The summed E-state index contributed by atoms with van der Waals surface area (Å²) in [6.07, 6.45) is 1.99. The number of nitrogens with zero attached hydrogens (tertiary/aromatic N) is 1. The summed E-state index contributed by atoms with van der Waals surface area (Å²) in [5.74, 6) is 0. The molecule has 0 amide bonds. The van der Waals surface area contributed by atoms with E-state index in [0.717, 1.165) is 40.8 Å². The fourth-order valence-corrected chi connectivity index (χ4v) is 4.42. The fraction of sp³-hybridized carbons (Fsp3) is 0.286. The summed E-state index contributed by atoms with van der Waals surface area (Å²) in [6.45, 7) is 5.14. The highest BCUT2D eigenvalue weighted by Crippen LogP contribution is 2.36. The molecule has 26 heavy (non-hydrogen) atoms. The van der Waals surface area contributed by atoms with Crippen LogP contribution in [0.1, 0.15) is 36.2 Å². The van der Waals surface area contributed by atoms with Crippen LogP contribution in [0.2, 0.25) is 5.02 Å². The molecule has 0 saturated heterocycles. The molecule has 3 aromatic rings. The summed E-state index contributed by atoms with van der Waals surface area (Å²) in [4.78, 5) is 5.94. The third-order valence-corrected chi connectivity index (χ3v) is 6.06. The van der Waals surface area contributed by atoms with Gasteiger partial charge >= 0.3 is 0 Å². The fourth-order valence-electron chi connectivity index (χ4n) is 3.92. The number of benzene rings is 2. The van der Waals surface area contributed by atoms with E-state index in [4.69, 9.17) is 23.8 Å². The zero-order valence-corrected chi connectivity index (χ0v) is 16.5. The first-order chi connectivity index (χ1) is 12.6. The smallest absolute Gasteiger partial charge is 0.174 e. The SMILES string of the molecule is CCC1c2[nH]c3ccccc3c2CCN1C(=S)Nc1cccc(Cl)c1C. The Morgan fingerprint density at radius 1 is 1.27 bits per heavy atom. The summed E-state index contributed by atoms with van der Waals surface area (Å²) in [7, 11) is 0. The van der Waals surface area contributed by atoms with Gasteiger partial charge in [-0.15, -0.1) is 0 Å². The zero-order valence-electron chi connectivity index (χ0n) is 15.0. The number of para-hydroxylation sites is 1. The highest BCUT2D eigenvalue weighted by molar-refractivity contribution is 7.80. The van der Waals surface area contributed by atoms with Crippen LogP contribution in [0.15, 0.2) is 42.5 Å². The molecule has 0 radical (unpaired) electrons. The summed E-state index contributed by atoms with van der Waals surface area (Å²) in [6, 6.07) is 14.7. The van der Waals surface area contributed by atoms with Crippen molar-refractivity contribution in [3.63, 3.8) is 0 Å². The second-order valence-electron chi connectivity index (χ2n) is 6.77. The van der Waals surface area contributed by atoms with Crippen LogP contribution in [0, 0.1) is 6.92 Å². The molecule has 1 aliphatic rings. The summed E-state index contributed by atoms with van der Waals surface area (Å²) >= 11 is 12.0. The lowest BCUT2D eigenvalue weighted by atomic mass is 9.96. The van der Waals surface area contributed by atoms with Crippen molar-refractivity contribution in [1.82, 2.24) is 9.88 Å². The van der Waals surface area contributed by atoms with Crippen molar-refractivity contribution >= 4 is 45.5 Å². The van der Waals surface area contributed by atoms with E-state index in [0.29, 0.717) is 0 Å². The Bertz CT molecular complexity index is 979. The Morgan fingerprint density at radius 3 is 2.88 bits per heavy atom. The number of anilines is 1. The van der Waals surface area contributed by atoms with E-state index in [2.05, 4.69) is 46.4 Å². The maximum Gasteiger partial charge on any atom is 0.174 e. The van der Waals surface area contributed by atoms with Gasteiger partial charge in [0.05, 0.1) is 6.04 Å². The van der Waals surface area contributed by atoms with Gasteiger partial charge in [0.1, 0.15) is 0 Å². The number of nitrogens with one attached hydrogen (secondary N) is 2. The van der Waals surface area contributed by atoms with Gasteiger partial charge < -0.3 is 15.2 Å². The first-order valence-electron chi connectivity index (χ1n) is 9.02. The van der Waals surface area contributed by atoms with E-state index in [1.807, 2.05) is 25.1 Å². The second kappa shape index (κ2) is 6.93. The predicted octanol–water partition coefficient (Wildman–Crippen LogP) is 5.84. The molecule has 134 valence electrons. The number of hydrogen-bond acceptors (Lipinski definition) is 1. The number of aromatic nitrogens is 1. The van der Waals surface area contributed by atoms with E-state index < -0.39 is 0 Å². The van der Waals surface area contributed by atoms with Gasteiger partial charge in [-0.25, -0.2) is 0 Å². The average Bonchev–Trinajstić information content (AvgIpc) is 3.03. The molecule has 1 atom stereocenters. The van der Waals surface area contributed by atoms with Crippen molar-refractivity contribution in [2.45, 2.75) is 32.7 Å². The van der Waals surface area contributed by atoms with Crippen LogP contribution in [0.5, 0.6) is 0 Å². The van der Waals surface area contributed by atoms with E-state index in [1.165, 1.54) is 22.2 Å². The van der Waals surface area contributed by atoms with Crippen LogP contribution in [-0.2, 0) is 6.42 Å². The van der Waals surface area contributed by atoms with Crippen molar-refractivity contribution in [3.05, 3.63) is 64.3 Å². The van der Waals surface area contributed by atoms with Crippen molar-refractivity contribution in [2.24, 2.45) is 0 Å². The summed E-state index contributed by atoms with van der Waals surface area (Å²) in [5.41, 5.74) is 5.94. The molecule has 0 aliphatic carbocycles. The van der Waals surface area contributed by atoms with Gasteiger partial charge in [0.15, 0.2) is 5.11 Å². The highest BCUT2D eigenvalue weighted by atomic mass is 35.5. The highest BCUT2D eigenvalue weighted by Gasteiger charge is 2.30. The van der Waals surface area contributed by atoms with E-state index in [1.54, 1.807) is 0 Å². The number of H-pyrrole nitrogens is 1. The third-order valence-electron chi connectivity index (χ3n) is 5.32. The van der Waals surface area contributed by atoms with Crippen molar-refractivity contribution in [2.75, 3.05) is 11.9 Å². The van der Waals surface area contributed by atoms with Crippen LogP contribution in [0.3, 0.4) is 0 Å². The quantitative estimate of drug-likeness (QED) is 0.545. The molecule has 0 bridgehead atoms. The molecule has 2 heterocycles. The number of aromatic amines is 1. The van der Waals surface area contributed by atoms with Gasteiger partial charge in [0.25, 0.3) is 0 Å². The maximum absolute atomic E-state index is 6.25. The van der Waals surface area contributed by atoms with Crippen LogP contribution in [0.25, 0.3) is 10.9 Å². The Morgan fingerprint density at radius 2 is 2.08 bits per heavy atom. The van der Waals surface area contributed by atoms with Gasteiger partial charge in [0.2, 0.25) is 0 Å². The van der Waals surface area contributed by atoms with E-state index in [9.17, 15) is 0 Å². The molecular weight excluding hydrogens is 362 g/mol. The molecule has 3 nitrogen and oxygen atoms in total. The van der Waals surface area contributed by atoms with Crippen LogP contribution in [0.4, 0.5) is 5.69 Å². The normalized spacial score (nSPS) is 16.6. The van der Waals surface area contributed by atoms with Gasteiger partial charge in [-0.3, -0.25) is 0 Å². The molecule has 0 spiro atoms. The van der Waals surface area contributed by atoms with E-state index >= 15 is 0 Å². The molecule has 0 fully saturated rings. The summed E-state index contributed by atoms with van der Waals surface area (Å²) in [5, 5.41) is 6.25. The molecule has 5 heteroatoms. The average molecular weight is 384 g/mol. The standard InChI is InChI=1S/C21H22ClN3S/c1-3-19-20-15(14-7-4-5-9-18(14)23-20)11-12-25(19)21(26)24-17-10-6-8-16(22)13(17)2/h4-10,19,23H,3,11-12H2,1-2H3,(H,24,26). The lowest BCUT2D eigenvalue weighted by Gasteiger charge is -2.37. The number of rotatable bonds is 2. The number of fused-ring (bicyclic) bond motifs is 3. The van der Waals surface area contributed by atoms with E-state index in [-0.39, 0.29) is 6.04 Å². The first kappa shape index (κ1) is 17.4. The number of thiocarbonyl (C=S) groups is 1. The monoisotopic (exact) mass is 383 g/mol. The third kappa shape index (κ3) is 2.87. The van der Waals surface area contributed by atoms with Crippen molar-refractivity contribution in [3.8, 4) is 0 Å². The summed E-state index contributed by atoms with van der Waals surface area (Å²) < 4.78 is 0. The molecule has 2 aromatic carbocycles. The molecular formula is C21H22ClN3S. The molecule has 1 aliphatic heterocycles. The Hall–Kier alpha value is -2.04. The van der Waals surface area contributed by atoms with Crippen LogP contribution >= 0.6 is 23.8 Å². The Kier molecular flexibility index (Phi) is 4.63. The van der Waals surface area contributed by atoms with Crippen molar-refractivity contribution < 1.29 is 0 Å². The molecule has 1 unspecified atom stereocenters. The lowest BCUT2D eigenvalue weighted by Crippen LogP contribution is -2.42. The molecule has 2 N–H and O–H groups in total. The maximum atomic E-state index is 6.25. The Labute approximate surface area is 164 Å². The minimum atomic E-state index is 0.255. The van der Waals surface area contributed by atoms with Gasteiger partial charge in [0, 0.05) is 33.9 Å².